The molecule has 114 valence electrons. The molecule has 0 amide bonds. The molecule has 1 fully saturated rings. The van der Waals surface area contributed by atoms with E-state index in [1.54, 1.807) is 0 Å². The lowest BCUT2D eigenvalue weighted by Crippen LogP contribution is -2.38. The number of H-pyrrole nitrogens is 1. The topological polar surface area (TPSA) is 24.0 Å². The molecule has 0 unspecified atom stereocenters. The van der Waals surface area contributed by atoms with Crippen LogP contribution in [0, 0.1) is 16.0 Å². The van der Waals surface area contributed by atoms with E-state index in [0.29, 0.717) is 9.24 Å². The predicted molar refractivity (Wildman–Crippen MR) is 89.6 cm³/mol. The summed E-state index contributed by atoms with van der Waals surface area (Å²) < 4.78 is 16.9. The molecule has 0 spiro atoms. The van der Waals surface area contributed by atoms with Crippen molar-refractivity contribution in [3.05, 3.63) is 27.2 Å². The number of nitrogens with one attached hydrogen (secondary N) is 1. The summed E-state index contributed by atoms with van der Waals surface area (Å²) in [5, 5.41) is 0. The molecule has 1 aromatic carbocycles. The number of piperidine rings is 1. The fourth-order valence-electron chi connectivity index (χ4n) is 3.01. The smallest absolute Gasteiger partial charge is 0.178 e. The van der Waals surface area contributed by atoms with Gasteiger partial charge in [-0.1, -0.05) is 6.92 Å². The van der Waals surface area contributed by atoms with E-state index in [0.717, 1.165) is 43.5 Å². The molecule has 0 saturated carbocycles. The van der Waals surface area contributed by atoms with Gasteiger partial charge in [-0.15, -0.1) is 0 Å². The van der Waals surface area contributed by atoms with Gasteiger partial charge in [-0.05, 0) is 72.6 Å². The second kappa shape index (κ2) is 5.48. The third kappa shape index (κ3) is 2.94. The van der Waals surface area contributed by atoms with E-state index in [2.05, 4.69) is 44.4 Å². The van der Waals surface area contributed by atoms with Crippen LogP contribution < -0.4 is 0 Å². The second-order valence-electron chi connectivity index (χ2n) is 6.41. The highest BCUT2D eigenvalue weighted by molar-refractivity contribution is 9.10. The van der Waals surface area contributed by atoms with E-state index in [9.17, 15) is 4.39 Å². The zero-order chi connectivity index (χ0) is 15.2. The maximum absolute atomic E-state index is 13.7. The minimum atomic E-state index is -0.267. The number of nitrogens with zero attached hydrogens (tertiary/aromatic N) is 2. The number of aromatic amines is 1. The fraction of sp³-hybridized carbons (Fsp3) is 0.533. The Morgan fingerprint density at radius 1 is 1.38 bits per heavy atom. The number of fused-ring (bicyclic) bond motifs is 1. The summed E-state index contributed by atoms with van der Waals surface area (Å²) in [6, 6.07) is 3.32. The summed E-state index contributed by atoms with van der Waals surface area (Å²) in [5.74, 6) is -0.267. The summed E-state index contributed by atoms with van der Waals surface area (Å²) in [6.07, 6.45) is 2.31. The van der Waals surface area contributed by atoms with Crippen molar-refractivity contribution in [2.24, 2.45) is 5.41 Å². The second-order valence-corrected chi connectivity index (χ2v) is 7.65. The van der Waals surface area contributed by atoms with Gasteiger partial charge >= 0.3 is 0 Å². The zero-order valence-electron chi connectivity index (χ0n) is 12.2. The first-order valence-electron chi connectivity index (χ1n) is 7.14. The first kappa shape index (κ1) is 15.2. The molecule has 1 aliphatic heterocycles. The largest absolute Gasteiger partial charge is 0.330 e. The van der Waals surface area contributed by atoms with E-state index in [-0.39, 0.29) is 11.2 Å². The van der Waals surface area contributed by atoms with Crippen LogP contribution in [0.4, 0.5) is 4.39 Å². The highest BCUT2D eigenvalue weighted by Gasteiger charge is 2.30. The quantitative estimate of drug-likeness (QED) is 0.794. The van der Waals surface area contributed by atoms with Gasteiger partial charge in [0.2, 0.25) is 0 Å². The van der Waals surface area contributed by atoms with Crippen molar-refractivity contribution in [1.29, 1.82) is 0 Å². The molecule has 3 rings (SSSR count). The first-order chi connectivity index (χ1) is 9.88. The molecule has 1 aliphatic rings. The van der Waals surface area contributed by atoms with Crippen LogP contribution >= 0.6 is 28.1 Å². The maximum atomic E-state index is 13.7. The summed E-state index contributed by atoms with van der Waals surface area (Å²) in [7, 11) is 2.16. The Hall–Kier alpha value is -0.720. The number of imidazole rings is 1. The minimum Gasteiger partial charge on any atom is -0.330 e. The normalized spacial score (nSPS) is 19.2. The minimum absolute atomic E-state index is 0.237. The van der Waals surface area contributed by atoms with Crippen LogP contribution in [0.5, 0.6) is 0 Å². The highest BCUT2D eigenvalue weighted by atomic mass is 79.9. The van der Waals surface area contributed by atoms with Crippen LogP contribution in [-0.4, -0.2) is 34.6 Å². The molecule has 3 nitrogen and oxygen atoms in total. The van der Waals surface area contributed by atoms with Crippen LogP contribution in [0.3, 0.4) is 0 Å². The molecule has 6 heteroatoms. The number of benzene rings is 1. The number of rotatable bonds is 2. The van der Waals surface area contributed by atoms with Gasteiger partial charge in [-0.2, -0.15) is 0 Å². The van der Waals surface area contributed by atoms with Crippen molar-refractivity contribution in [3.63, 3.8) is 0 Å². The van der Waals surface area contributed by atoms with Gasteiger partial charge in [0.25, 0.3) is 0 Å². The number of hydrogen-bond acceptors (Lipinski definition) is 2. The molecule has 0 bridgehead atoms. The summed E-state index contributed by atoms with van der Waals surface area (Å²) in [4.78, 5) is 5.48. The number of aromatic nitrogens is 2. The lowest BCUT2D eigenvalue weighted by Gasteiger charge is -2.38. The van der Waals surface area contributed by atoms with E-state index in [1.165, 1.54) is 6.07 Å². The zero-order valence-corrected chi connectivity index (χ0v) is 14.7. The van der Waals surface area contributed by atoms with Gasteiger partial charge < -0.3 is 14.5 Å². The Labute approximate surface area is 137 Å². The first-order valence-corrected chi connectivity index (χ1v) is 8.34. The molecule has 1 N–H and O–H groups in total. The third-order valence-electron chi connectivity index (χ3n) is 4.55. The molecule has 0 atom stereocenters. The van der Waals surface area contributed by atoms with E-state index >= 15 is 0 Å². The molecule has 1 saturated heterocycles. The average molecular weight is 372 g/mol. The van der Waals surface area contributed by atoms with E-state index < -0.39 is 0 Å². The number of halogens is 2. The summed E-state index contributed by atoms with van der Waals surface area (Å²) in [6.45, 7) is 5.42. The van der Waals surface area contributed by atoms with E-state index in [4.69, 9.17) is 12.2 Å². The molecular formula is C15H19BrFN3S. The Bertz CT molecular complexity index is 728. The maximum Gasteiger partial charge on any atom is 0.178 e. The van der Waals surface area contributed by atoms with Gasteiger partial charge in [0.1, 0.15) is 5.82 Å². The summed E-state index contributed by atoms with van der Waals surface area (Å²) in [5.41, 5.74) is 1.96. The van der Waals surface area contributed by atoms with Crippen LogP contribution in [-0.2, 0) is 6.54 Å². The van der Waals surface area contributed by atoms with Gasteiger partial charge in [0, 0.05) is 12.6 Å². The predicted octanol–water partition coefficient (Wildman–Crippen LogP) is 4.33. The Kier molecular flexibility index (Phi) is 3.96. The highest BCUT2D eigenvalue weighted by Crippen LogP contribution is 2.34. The van der Waals surface area contributed by atoms with E-state index in [1.807, 2.05) is 6.07 Å². The monoisotopic (exact) mass is 371 g/mol. The van der Waals surface area contributed by atoms with Gasteiger partial charge in [0.05, 0.1) is 15.5 Å². The van der Waals surface area contributed by atoms with Crippen molar-refractivity contribution in [3.8, 4) is 0 Å². The van der Waals surface area contributed by atoms with Crippen molar-refractivity contribution in [1.82, 2.24) is 14.5 Å². The van der Waals surface area contributed by atoms with Crippen LogP contribution in [0.2, 0.25) is 0 Å². The standard InChI is InChI=1S/C15H19BrFN3S/c1-15(3-5-19(2)6-4-15)9-20-13-7-10(16)11(17)8-12(13)18-14(20)21/h7-8H,3-6,9H2,1-2H3,(H,18,21). The van der Waals surface area contributed by atoms with Crippen molar-refractivity contribution >= 4 is 39.2 Å². The van der Waals surface area contributed by atoms with Gasteiger partial charge in [-0.25, -0.2) is 4.39 Å². The Morgan fingerprint density at radius 2 is 2.05 bits per heavy atom. The molecular weight excluding hydrogens is 353 g/mol. The molecule has 0 aliphatic carbocycles. The van der Waals surface area contributed by atoms with Crippen molar-refractivity contribution in [2.45, 2.75) is 26.3 Å². The van der Waals surface area contributed by atoms with Crippen molar-refractivity contribution < 1.29 is 4.39 Å². The third-order valence-corrected chi connectivity index (χ3v) is 5.48. The Morgan fingerprint density at radius 3 is 2.71 bits per heavy atom. The number of hydrogen-bond donors (Lipinski definition) is 1. The van der Waals surface area contributed by atoms with Crippen LogP contribution in [0.25, 0.3) is 11.0 Å². The van der Waals surface area contributed by atoms with Crippen LogP contribution in [0.1, 0.15) is 19.8 Å². The molecule has 21 heavy (non-hydrogen) atoms. The lowest BCUT2D eigenvalue weighted by atomic mass is 9.80. The average Bonchev–Trinajstić information content (AvgIpc) is 2.71. The number of likely N-dealkylation sites (tertiary alicyclic amines) is 1. The molecule has 0 radical (unpaired) electrons. The fourth-order valence-corrected chi connectivity index (χ4v) is 3.61. The van der Waals surface area contributed by atoms with Gasteiger partial charge in [0.15, 0.2) is 4.77 Å². The molecule has 2 aromatic rings. The molecule has 1 aromatic heterocycles. The lowest BCUT2D eigenvalue weighted by molar-refractivity contribution is 0.121. The van der Waals surface area contributed by atoms with Crippen molar-refractivity contribution in [2.75, 3.05) is 20.1 Å². The SMILES string of the molecule is CN1CCC(C)(Cn2c(=S)[nH]c3cc(F)c(Br)cc32)CC1. The Balaban J connectivity index is 1.99. The molecule has 2 heterocycles. The van der Waals surface area contributed by atoms with Crippen LogP contribution in [0.15, 0.2) is 16.6 Å². The van der Waals surface area contributed by atoms with Gasteiger partial charge in [-0.3, -0.25) is 0 Å². The summed E-state index contributed by atoms with van der Waals surface area (Å²) >= 11 is 8.70.